The van der Waals surface area contributed by atoms with Gasteiger partial charge in [-0.25, -0.2) is 4.98 Å². The van der Waals surface area contributed by atoms with Crippen LogP contribution in [0.2, 0.25) is 0 Å². The van der Waals surface area contributed by atoms with Crippen molar-refractivity contribution in [3.63, 3.8) is 0 Å². The molecule has 1 aromatic heterocycles. The third kappa shape index (κ3) is 2.47. The van der Waals surface area contributed by atoms with Crippen molar-refractivity contribution in [2.45, 2.75) is 11.3 Å². The summed E-state index contributed by atoms with van der Waals surface area (Å²) in [7, 11) is 1.31. The van der Waals surface area contributed by atoms with Crippen molar-refractivity contribution in [1.29, 1.82) is 5.26 Å². The normalized spacial score (nSPS) is 9.21. The monoisotopic (exact) mass is 208 g/mol. The summed E-state index contributed by atoms with van der Waals surface area (Å²) in [6, 6.07) is 3.42. The predicted octanol–water partition coefficient (Wildman–Crippen LogP) is 0.957. The van der Waals surface area contributed by atoms with Crippen molar-refractivity contribution in [2.75, 3.05) is 7.11 Å². The van der Waals surface area contributed by atoms with Gasteiger partial charge in [-0.1, -0.05) is 0 Å². The summed E-state index contributed by atoms with van der Waals surface area (Å²) >= 11 is 4.12. The van der Waals surface area contributed by atoms with Crippen molar-refractivity contribution >= 4 is 18.6 Å². The Morgan fingerprint density at radius 3 is 3.07 bits per heavy atom. The molecule has 0 aliphatic heterocycles. The molecule has 0 radical (unpaired) electrons. The van der Waals surface area contributed by atoms with Gasteiger partial charge in [-0.2, -0.15) is 5.26 Å². The van der Waals surface area contributed by atoms with Crippen LogP contribution in [0.3, 0.4) is 0 Å². The van der Waals surface area contributed by atoms with E-state index in [1.807, 2.05) is 6.07 Å². The highest BCUT2D eigenvalue weighted by molar-refractivity contribution is 7.80. The highest BCUT2D eigenvalue weighted by atomic mass is 32.1. The molecule has 14 heavy (non-hydrogen) atoms. The third-order valence-corrected chi connectivity index (χ3v) is 2.05. The SMILES string of the molecule is COC(=O)Cc1cc(C#N)ncc1S. The Morgan fingerprint density at radius 2 is 2.50 bits per heavy atom. The molecule has 0 bridgehead atoms. The van der Waals surface area contributed by atoms with Crippen LogP contribution < -0.4 is 0 Å². The first-order valence-electron chi connectivity index (χ1n) is 3.82. The number of carbonyl (C=O) groups is 1. The average molecular weight is 208 g/mol. The molecule has 0 amide bonds. The van der Waals surface area contributed by atoms with E-state index >= 15 is 0 Å². The lowest BCUT2D eigenvalue weighted by molar-refractivity contribution is -0.139. The highest BCUT2D eigenvalue weighted by Crippen LogP contribution is 2.14. The lowest BCUT2D eigenvalue weighted by Crippen LogP contribution is -2.05. The van der Waals surface area contributed by atoms with Crippen LogP contribution in [0, 0.1) is 11.3 Å². The Morgan fingerprint density at radius 1 is 1.79 bits per heavy atom. The lowest BCUT2D eigenvalue weighted by Gasteiger charge is -2.02. The molecule has 0 saturated carbocycles. The number of esters is 1. The van der Waals surface area contributed by atoms with Gasteiger partial charge in [0.25, 0.3) is 0 Å². The number of ether oxygens (including phenoxy) is 1. The molecule has 0 saturated heterocycles. The van der Waals surface area contributed by atoms with Gasteiger partial charge in [-0.15, -0.1) is 12.6 Å². The van der Waals surface area contributed by atoms with Gasteiger partial charge in [0.05, 0.1) is 13.5 Å². The molecule has 0 aromatic carbocycles. The smallest absolute Gasteiger partial charge is 0.310 e. The maximum atomic E-state index is 11.0. The first-order chi connectivity index (χ1) is 6.67. The quantitative estimate of drug-likeness (QED) is 0.580. The molecule has 0 spiro atoms. The topological polar surface area (TPSA) is 63.0 Å². The van der Waals surface area contributed by atoms with E-state index in [4.69, 9.17) is 5.26 Å². The van der Waals surface area contributed by atoms with E-state index in [1.165, 1.54) is 19.4 Å². The summed E-state index contributed by atoms with van der Waals surface area (Å²) < 4.78 is 4.51. The van der Waals surface area contributed by atoms with Gasteiger partial charge >= 0.3 is 5.97 Å². The molecule has 0 N–H and O–H groups in total. The van der Waals surface area contributed by atoms with Gasteiger partial charge in [-0.05, 0) is 11.6 Å². The summed E-state index contributed by atoms with van der Waals surface area (Å²) in [5, 5.41) is 8.59. The molecular weight excluding hydrogens is 200 g/mol. The van der Waals surface area contributed by atoms with Gasteiger partial charge in [0.15, 0.2) is 0 Å². The van der Waals surface area contributed by atoms with Crippen molar-refractivity contribution in [3.05, 3.63) is 23.5 Å². The van der Waals surface area contributed by atoms with Crippen molar-refractivity contribution in [1.82, 2.24) is 4.98 Å². The Bertz CT molecular complexity index is 398. The number of rotatable bonds is 2. The largest absolute Gasteiger partial charge is 0.469 e. The van der Waals surface area contributed by atoms with Crippen LogP contribution >= 0.6 is 12.6 Å². The van der Waals surface area contributed by atoms with Gasteiger partial charge in [0.1, 0.15) is 11.8 Å². The maximum Gasteiger partial charge on any atom is 0.310 e. The molecule has 72 valence electrons. The molecule has 0 unspecified atom stereocenters. The zero-order chi connectivity index (χ0) is 10.6. The second kappa shape index (κ2) is 4.63. The maximum absolute atomic E-state index is 11.0. The van der Waals surface area contributed by atoms with Crippen LogP contribution in [0.4, 0.5) is 0 Å². The van der Waals surface area contributed by atoms with E-state index in [0.717, 1.165) is 0 Å². The molecule has 0 aliphatic carbocycles. The Hall–Kier alpha value is -1.54. The summed E-state index contributed by atoms with van der Waals surface area (Å²) in [5.74, 6) is -0.365. The van der Waals surface area contributed by atoms with Crippen LogP contribution in [0.15, 0.2) is 17.2 Å². The number of aromatic nitrogens is 1. The summed E-state index contributed by atoms with van der Waals surface area (Å²) in [4.78, 5) is 15.4. The predicted molar refractivity (Wildman–Crippen MR) is 51.9 cm³/mol. The number of carbonyl (C=O) groups excluding carboxylic acids is 1. The summed E-state index contributed by atoms with van der Waals surface area (Å²) in [5.41, 5.74) is 0.911. The second-order valence-electron chi connectivity index (χ2n) is 2.56. The Labute approximate surface area is 86.9 Å². The Kier molecular flexibility index (Phi) is 3.48. The minimum absolute atomic E-state index is 0.104. The zero-order valence-corrected chi connectivity index (χ0v) is 8.41. The first kappa shape index (κ1) is 10.5. The molecule has 0 atom stereocenters. The molecule has 0 fully saturated rings. The molecule has 1 aromatic rings. The molecule has 1 heterocycles. The lowest BCUT2D eigenvalue weighted by atomic mass is 10.2. The van der Waals surface area contributed by atoms with Crippen LogP contribution in [0.5, 0.6) is 0 Å². The van der Waals surface area contributed by atoms with Crippen molar-refractivity contribution in [3.8, 4) is 6.07 Å². The van der Waals surface area contributed by atoms with Gasteiger partial charge in [0.2, 0.25) is 0 Å². The molecular formula is C9H8N2O2S. The zero-order valence-electron chi connectivity index (χ0n) is 7.52. The van der Waals surface area contributed by atoms with Crippen LogP contribution in [0.25, 0.3) is 0 Å². The number of hydrogen-bond donors (Lipinski definition) is 1. The van der Waals surface area contributed by atoms with Crippen molar-refractivity contribution < 1.29 is 9.53 Å². The summed E-state index contributed by atoms with van der Waals surface area (Å²) in [6.07, 6.45) is 1.55. The Balaban J connectivity index is 2.96. The van der Waals surface area contributed by atoms with Crippen LogP contribution in [-0.4, -0.2) is 18.1 Å². The van der Waals surface area contributed by atoms with Gasteiger partial charge in [-0.3, -0.25) is 4.79 Å². The molecule has 1 rings (SSSR count). The minimum atomic E-state index is -0.365. The van der Waals surface area contributed by atoms with Crippen LogP contribution in [0.1, 0.15) is 11.3 Å². The van der Waals surface area contributed by atoms with E-state index in [0.29, 0.717) is 10.5 Å². The molecule has 0 aliphatic rings. The van der Waals surface area contributed by atoms with Gasteiger partial charge < -0.3 is 4.74 Å². The second-order valence-corrected chi connectivity index (χ2v) is 3.04. The van der Waals surface area contributed by atoms with E-state index in [-0.39, 0.29) is 18.1 Å². The highest BCUT2D eigenvalue weighted by Gasteiger charge is 2.07. The fourth-order valence-electron chi connectivity index (χ4n) is 0.920. The van der Waals surface area contributed by atoms with Gasteiger partial charge in [0, 0.05) is 11.1 Å². The van der Waals surface area contributed by atoms with Crippen molar-refractivity contribution in [2.24, 2.45) is 0 Å². The van der Waals surface area contributed by atoms with E-state index in [9.17, 15) is 4.79 Å². The standard InChI is InChI=1S/C9H8N2O2S/c1-13-9(12)3-6-2-7(4-10)11-5-8(6)14/h2,5,14H,3H2,1H3. The first-order valence-corrected chi connectivity index (χ1v) is 4.27. The number of hydrogen-bond acceptors (Lipinski definition) is 5. The number of nitrogens with zero attached hydrogens (tertiary/aromatic N) is 2. The number of methoxy groups -OCH3 is 1. The van der Waals surface area contributed by atoms with E-state index in [1.54, 1.807) is 0 Å². The number of pyridine rings is 1. The number of nitriles is 1. The van der Waals surface area contributed by atoms with Crippen LogP contribution in [-0.2, 0) is 16.0 Å². The fourth-order valence-corrected chi connectivity index (χ4v) is 1.12. The fraction of sp³-hybridized carbons (Fsp3) is 0.222. The third-order valence-electron chi connectivity index (χ3n) is 1.64. The summed E-state index contributed by atoms with van der Waals surface area (Å²) in [6.45, 7) is 0. The number of thiol groups is 1. The van der Waals surface area contributed by atoms with E-state index in [2.05, 4.69) is 22.3 Å². The molecule has 5 heteroatoms. The molecule has 4 nitrogen and oxygen atoms in total. The average Bonchev–Trinajstić information content (AvgIpc) is 2.21. The van der Waals surface area contributed by atoms with E-state index < -0.39 is 0 Å². The minimum Gasteiger partial charge on any atom is -0.469 e.